The first-order valence-corrected chi connectivity index (χ1v) is 7.26. The standard InChI is InChI=1S/C15H16N2O3S/c1-9-3-4-10(14(18)16-2)6-13(9)17-7-12-5-11(8-21-12)15(19)20/h3-6,8,17H,7H2,1-2H3,(H,16,18)(H,19,20). The van der Waals surface area contributed by atoms with Crippen LogP contribution in [0.2, 0.25) is 0 Å². The molecular weight excluding hydrogens is 288 g/mol. The number of thiophene rings is 1. The van der Waals surface area contributed by atoms with E-state index in [1.165, 1.54) is 11.3 Å². The number of hydrogen-bond acceptors (Lipinski definition) is 4. The Hall–Kier alpha value is -2.34. The van der Waals surface area contributed by atoms with Crippen LogP contribution < -0.4 is 10.6 Å². The molecule has 5 nitrogen and oxygen atoms in total. The zero-order valence-electron chi connectivity index (χ0n) is 11.8. The van der Waals surface area contributed by atoms with Crippen LogP contribution in [-0.2, 0) is 6.54 Å². The summed E-state index contributed by atoms with van der Waals surface area (Å²) in [6.45, 7) is 2.48. The van der Waals surface area contributed by atoms with E-state index in [0.717, 1.165) is 16.1 Å². The summed E-state index contributed by atoms with van der Waals surface area (Å²) in [6.07, 6.45) is 0. The van der Waals surface area contributed by atoms with Crippen molar-refractivity contribution < 1.29 is 14.7 Å². The van der Waals surface area contributed by atoms with Crippen molar-refractivity contribution in [3.63, 3.8) is 0 Å². The van der Waals surface area contributed by atoms with Crippen LogP contribution in [0.3, 0.4) is 0 Å². The third kappa shape index (κ3) is 3.61. The number of carboxylic acid groups (broad SMARTS) is 1. The molecule has 0 radical (unpaired) electrons. The molecule has 0 atom stereocenters. The molecule has 21 heavy (non-hydrogen) atoms. The lowest BCUT2D eigenvalue weighted by Crippen LogP contribution is -2.18. The van der Waals surface area contributed by atoms with Crippen LogP contribution in [-0.4, -0.2) is 24.0 Å². The Balaban J connectivity index is 2.11. The molecule has 0 aliphatic heterocycles. The van der Waals surface area contributed by atoms with E-state index >= 15 is 0 Å². The zero-order chi connectivity index (χ0) is 15.4. The van der Waals surface area contributed by atoms with Crippen LogP contribution in [0.15, 0.2) is 29.6 Å². The molecule has 1 amide bonds. The minimum absolute atomic E-state index is 0.137. The summed E-state index contributed by atoms with van der Waals surface area (Å²) >= 11 is 1.40. The van der Waals surface area contributed by atoms with Gasteiger partial charge < -0.3 is 15.7 Å². The second-order valence-electron chi connectivity index (χ2n) is 4.57. The highest BCUT2D eigenvalue weighted by Crippen LogP contribution is 2.20. The second-order valence-corrected chi connectivity index (χ2v) is 5.57. The summed E-state index contributed by atoms with van der Waals surface area (Å²) < 4.78 is 0. The van der Waals surface area contributed by atoms with Gasteiger partial charge in [0.1, 0.15) is 0 Å². The van der Waals surface area contributed by atoms with Crippen molar-refractivity contribution in [2.24, 2.45) is 0 Å². The first-order chi connectivity index (χ1) is 10.0. The van der Waals surface area contributed by atoms with Crippen molar-refractivity contribution in [3.05, 3.63) is 51.2 Å². The number of carbonyl (C=O) groups is 2. The van der Waals surface area contributed by atoms with Gasteiger partial charge in [-0.25, -0.2) is 4.79 Å². The fourth-order valence-electron chi connectivity index (χ4n) is 1.87. The zero-order valence-corrected chi connectivity index (χ0v) is 12.6. The van der Waals surface area contributed by atoms with Gasteiger partial charge in [0, 0.05) is 35.1 Å². The monoisotopic (exact) mass is 304 g/mol. The van der Waals surface area contributed by atoms with E-state index in [9.17, 15) is 9.59 Å². The molecule has 0 saturated heterocycles. The molecule has 0 aliphatic carbocycles. The Morgan fingerprint density at radius 2 is 2.00 bits per heavy atom. The molecule has 2 aromatic rings. The minimum Gasteiger partial charge on any atom is -0.478 e. The summed E-state index contributed by atoms with van der Waals surface area (Å²) in [5.74, 6) is -1.06. The molecule has 1 aromatic heterocycles. The number of rotatable bonds is 5. The van der Waals surface area contributed by atoms with Crippen LogP contribution in [0.5, 0.6) is 0 Å². The highest BCUT2D eigenvalue weighted by molar-refractivity contribution is 7.10. The number of benzene rings is 1. The molecule has 1 heterocycles. The fraction of sp³-hybridized carbons (Fsp3) is 0.200. The number of nitrogens with one attached hydrogen (secondary N) is 2. The van der Waals surface area contributed by atoms with E-state index in [-0.39, 0.29) is 5.91 Å². The van der Waals surface area contributed by atoms with Gasteiger partial charge in [0.05, 0.1) is 5.56 Å². The van der Waals surface area contributed by atoms with E-state index in [4.69, 9.17) is 5.11 Å². The summed E-state index contributed by atoms with van der Waals surface area (Å²) in [5, 5.41) is 16.3. The Kier molecular flexibility index (Phi) is 4.59. The van der Waals surface area contributed by atoms with Crippen LogP contribution in [0.25, 0.3) is 0 Å². The molecule has 2 rings (SSSR count). The topological polar surface area (TPSA) is 78.4 Å². The average Bonchev–Trinajstić information content (AvgIpc) is 2.94. The van der Waals surface area contributed by atoms with E-state index in [1.807, 2.05) is 13.0 Å². The first kappa shape index (κ1) is 15.1. The Bertz CT molecular complexity index is 679. The van der Waals surface area contributed by atoms with Gasteiger partial charge in [0.25, 0.3) is 5.91 Å². The smallest absolute Gasteiger partial charge is 0.336 e. The third-order valence-corrected chi connectivity index (χ3v) is 4.02. The van der Waals surface area contributed by atoms with Crippen molar-refractivity contribution in [2.75, 3.05) is 12.4 Å². The number of hydrogen-bond donors (Lipinski definition) is 3. The normalized spacial score (nSPS) is 10.2. The maximum atomic E-state index is 11.6. The summed E-state index contributed by atoms with van der Waals surface area (Å²) in [6, 6.07) is 7.09. The maximum Gasteiger partial charge on any atom is 0.336 e. The molecule has 6 heteroatoms. The van der Waals surface area contributed by atoms with Crippen molar-refractivity contribution in [2.45, 2.75) is 13.5 Å². The van der Waals surface area contributed by atoms with E-state index in [0.29, 0.717) is 17.7 Å². The predicted molar refractivity (Wildman–Crippen MR) is 83.2 cm³/mol. The molecule has 110 valence electrons. The highest BCUT2D eigenvalue weighted by atomic mass is 32.1. The number of aromatic carboxylic acids is 1. The third-order valence-electron chi connectivity index (χ3n) is 3.08. The molecular formula is C15H16N2O3S. The molecule has 3 N–H and O–H groups in total. The number of carbonyl (C=O) groups excluding carboxylic acids is 1. The number of aryl methyl sites for hydroxylation is 1. The van der Waals surface area contributed by atoms with Gasteiger partial charge in [-0.2, -0.15) is 0 Å². The van der Waals surface area contributed by atoms with Gasteiger partial charge in [-0.3, -0.25) is 4.79 Å². The highest BCUT2D eigenvalue weighted by Gasteiger charge is 2.08. The van der Waals surface area contributed by atoms with Crippen molar-refractivity contribution in [1.29, 1.82) is 0 Å². The molecule has 0 aliphatic rings. The Labute approximate surface area is 126 Å². The van der Waals surface area contributed by atoms with Crippen molar-refractivity contribution in [1.82, 2.24) is 5.32 Å². The molecule has 0 fully saturated rings. The quantitative estimate of drug-likeness (QED) is 0.793. The average molecular weight is 304 g/mol. The molecule has 0 spiro atoms. The fourth-order valence-corrected chi connectivity index (χ4v) is 2.66. The Morgan fingerprint density at radius 1 is 1.24 bits per heavy atom. The largest absolute Gasteiger partial charge is 0.478 e. The summed E-state index contributed by atoms with van der Waals surface area (Å²) in [5.41, 5.74) is 2.77. The van der Waals surface area contributed by atoms with Crippen LogP contribution in [0.4, 0.5) is 5.69 Å². The van der Waals surface area contributed by atoms with Crippen molar-refractivity contribution >= 4 is 28.9 Å². The number of amides is 1. The van der Waals surface area contributed by atoms with Gasteiger partial charge in [-0.15, -0.1) is 11.3 Å². The van der Waals surface area contributed by atoms with Crippen molar-refractivity contribution in [3.8, 4) is 0 Å². The number of carboxylic acids is 1. The van der Waals surface area contributed by atoms with E-state index < -0.39 is 5.97 Å². The van der Waals surface area contributed by atoms with Gasteiger partial charge in [-0.1, -0.05) is 6.07 Å². The lowest BCUT2D eigenvalue weighted by Gasteiger charge is -2.10. The van der Waals surface area contributed by atoms with Gasteiger partial charge in [0.2, 0.25) is 0 Å². The first-order valence-electron chi connectivity index (χ1n) is 6.38. The maximum absolute atomic E-state index is 11.6. The summed E-state index contributed by atoms with van der Waals surface area (Å²) in [7, 11) is 1.59. The lowest BCUT2D eigenvalue weighted by atomic mass is 10.1. The van der Waals surface area contributed by atoms with Gasteiger partial charge in [-0.05, 0) is 30.7 Å². The van der Waals surface area contributed by atoms with Gasteiger partial charge >= 0.3 is 5.97 Å². The lowest BCUT2D eigenvalue weighted by molar-refractivity contribution is 0.0697. The predicted octanol–water partition coefficient (Wildman–Crippen LogP) is 2.73. The van der Waals surface area contributed by atoms with E-state index in [1.54, 1.807) is 30.6 Å². The molecule has 1 aromatic carbocycles. The molecule has 0 bridgehead atoms. The summed E-state index contributed by atoms with van der Waals surface area (Å²) in [4.78, 5) is 23.4. The number of anilines is 1. The van der Waals surface area contributed by atoms with Gasteiger partial charge in [0.15, 0.2) is 0 Å². The second kappa shape index (κ2) is 6.41. The molecule has 0 saturated carbocycles. The molecule has 0 unspecified atom stereocenters. The van der Waals surface area contributed by atoms with Crippen LogP contribution in [0, 0.1) is 6.92 Å². The van der Waals surface area contributed by atoms with Crippen LogP contribution in [0.1, 0.15) is 31.2 Å². The SMILES string of the molecule is CNC(=O)c1ccc(C)c(NCc2cc(C(=O)O)cs2)c1. The van der Waals surface area contributed by atoms with E-state index in [2.05, 4.69) is 10.6 Å². The minimum atomic E-state index is -0.921. The Morgan fingerprint density at radius 3 is 2.62 bits per heavy atom. The van der Waals surface area contributed by atoms with Crippen LogP contribution >= 0.6 is 11.3 Å².